The van der Waals surface area contributed by atoms with E-state index >= 15 is 0 Å². The minimum Gasteiger partial charge on any atom is -0.368 e. The maximum Gasteiger partial charge on any atom is 0.148 e. The molecule has 0 aromatic carbocycles. The van der Waals surface area contributed by atoms with Crippen molar-refractivity contribution in [3.05, 3.63) is 17.8 Å². The van der Waals surface area contributed by atoms with Gasteiger partial charge in [-0.05, 0) is 25.0 Å². The molecule has 0 aliphatic heterocycles. The van der Waals surface area contributed by atoms with Crippen molar-refractivity contribution < 1.29 is 0 Å². The maximum atomic E-state index is 4.02. The molecule has 72 valence electrons. The summed E-state index contributed by atoms with van der Waals surface area (Å²) in [6.45, 7) is 7.31. The van der Waals surface area contributed by atoms with Crippen molar-refractivity contribution in [2.75, 3.05) is 11.9 Å². The zero-order chi connectivity index (χ0) is 9.68. The summed E-state index contributed by atoms with van der Waals surface area (Å²) in [7, 11) is 0. The molecule has 0 aliphatic carbocycles. The molecule has 3 heteroatoms. The Morgan fingerprint density at radius 3 is 2.69 bits per heavy atom. The molecule has 1 heterocycles. The van der Waals surface area contributed by atoms with E-state index in [0.29, 0.717) is 5.92 Å². The smallest absolute Gasteiger partial charge is 0.148 e. The first kappa shape index (κ1) is 9.96. The van der Waals surface area contributed by atoms with Crippen molar-refractivity contribution in [1.29, 1.82) is 0 Å². The van der Waals surface area contributed by atoms with Gasteiger partial charge in [-0.3, -0.25) is 0 Å². The van der Waals surface area contributed by atoms with Crippen molar-refractivity contribution >= 4 is 5.82 Å². The van der Waals surface area contributed by atoms with Crippen LogP contribution in [0.3, 0.4) is 0 Å². The van der Waals surface area contributed by atoms with Gasteiger partial charge in [0.2, 0.25) is 0 Å². The Hall–Kier alpha value is -1.12. The summed E-state index contributed by atoms with van der Waals surface area (Å²) in [5.41, 5.74) is 0.953. The third-order valence-electron chi connectivity index (χ3n) is 2.13. The van der Waals surface area contributed by atoms with E-state index in [4.69, 9.17) is 0 Å². The van der Waals surface area contributed by atoms with Gasteiger partial charge in [0.15, 0.2) is 0 Å². The Labute approximate surface area is 79.6 Å². The highest BCUT2D eigenvalue weighted by Gasteiger charge is 1.98. The lowest BCUT2D eigenvalue weighted by molar-refractivity contribution is 0.592. The van der Waals surface area contributed by atoms with Gasteiger partial charge in [0.1, 0.15) is 5.82 Å². The Morgan fingerprint density at radius 2 is 2.15 bits per heavy atom. The number of nitrogens with zero attached hydrogens (tertiary/aromatic N) is 2. The zero-order valence-electron chi connectivity index (χ0n) is 8.54. The van der Waals surface area contributed by atoms with Gasteiger partial charge < -0.3 is 5.32 Å². The summed E-state index contributed by atoms with van der Waals surface area (Å²) in [4.78, 5) is 0. The molecule has 1 unspecified atom stereocenters. The Kier molecular flexibility index (Phi) is 3.68. The highest BCUT2D eigenvalue weighted by atomic mass is 15.2. The van der Waals surface area contributed by atoms with Crippen molar-refractivity contribution in [3.8, 4) is 0 Å². The lowest BCUT2D eigenvalue weighted by Gasteiger charge is -2.09. The van der Waals surface area contributed by atoms with E-state index in [0.717, 1.165) is 18.1 Å². The zero-order valence-corrected chi connectivity index (χ0v) is 8.54. The molecule has 1 N–H and O–H groups in total. The fourth-order valence-corrected chi connectivity index (χ4v) is 0.916. The third-order valence-corrected chi connectivity index (χ3v) is 2.13. The minimum absolute atomic E-state index is 0.683. The van der Waals surface area contributed by atoms with E-state index in [-0.39, 0.29) is 0 Å². The standard InChI is InChI=1S/C10H17N3/c1-4-8(2)7-11-10-6-5-9(3)12-13-10/h5-6,8H,4,7H2,1-3H3,(H,11,13). The molecule has 0 saturated heterocycles. The molecule has 3 nitrogen and oxygen atoms in total. The van der Waals surface area contributed by atoms with Gasteiger partial charge in [-0.2, -0.15) is 5.10 Å². The average Bonchev–Trinajstić information content (AvgIpc) is 2.16. The second-order valence-corrected chi connectivity index (χ2v) is 3.45. The molecular formula is C10H17N3. The number of anilines is 1. The van der Waals surface area contributed by atoms with Gasteiger partial charge in [0, 0.05) is 6.54 Å². The van der Waals surface area contributed by atoms with E-state index in [1.807, 2.05) is 19.1 Å². The van der Waals surface area contributed by atoms with Crippen LogP contribution in [0.15, 0.2) is 12.1 Å². The Bertz CT molecular complexity index is 243. The summed E-state index contributed by atoms with van der Waals surface area (Å²) in [5, 5.41) is 11.2. The van der Waals surface area contributed by atoms with Crippen molar-refractivity contribution in [2.45, 2.75) is 27.2 Å². The van der Waals surface area contributed by atoms with Gasteiger partial charge >= 0.3 is 0 Å². The molecule has 0 saturated carbocycles. The molecule has 1 atom stereocenters. The number of aryl methyl sites for hydroxylation is 1. The van der Waals surface area contributed by atoms with Gasteiger partial charge in [-0.25, -0.2) is 0 Å². The third kappa shape index (κ3) is 3.40. The highest BCUT2D eigenvalue weighted by molar-refractivity contribution is 5.32. The molecule has 0 bridgehead atoms. The summed E-state index contributed by atoms with van der Waals surface area (Å²) < 4.78 is 0. The first-order chi connectivity index (χ1) is 6.22. The second-order valence-electron chi connectivity index (χ2n) is 3.45. The molecule has 0 aliphatic rings. The first-order valence-corrected chi connectivity index (χ1v) is 4.76. The topological polar surface area (TPSA) is 37.8 Å². The van der Waals surface area contributed by atoms with E-state index in [9.17, 15) is 0 Å². The molecule has 1 aromatic rings. The van der Waals surface area contributed by atoms with Crippen LogP contribution in [-0.2, 0) is 0 Å². The van der Waals surface area contributed by atoms with Crippen LogP contribution in [0.1, 0.15) is 26.0 Å². The van der Waals surface area contributed by atoms with Crippen LogP contribution in [0, 0.1) is 12.8 Å². The number of hydrogen-bond donors (Lipinski definition) is 1. The van der Waals surface area contributed by atoms with Gasteiger partial charge in [0.05, 0.1) is 5.69 Å². The monoisotopic (exact) mass is 179 g/mol. The molecular weight excluding hydrogens is 162 g/mol. The normalized spacial score (nSPS) is 12.5. The van der Waals surface area contributed by atoms with E-state index in [1.165, 1.54) is 6.42 Å². The lowest BCUT2D eigenvalue weighted by atomic mass is 10.1. The maximum absolute atomic E-state index is 4.02. The van der Waals surface area contributed by atoms with Gasteiger partial charge in [-0.1, -0.05) is 20.3 Å². The quantitative estimate of drug-likeness (QED) is 0.770. The van der Waals surface area contributed by atoms with Crippen LogP contribution in [0.25, 0.3) is 0 Å². The predicted octanol–water partition coefficient (Wildman–Crippen LogP) is 2.24. The van der Waals surface area contributed by atoms with E-state index in [2.05, 4.69) is 29.4 Å². The van der Waals surface area contributed by atoms with Crippen LogP contribution in [-0.4, -0.2) is 16.7 Å². The summed E-state index contributed by atoms with van der Waals surface area (Å²) in [6, 6.07) is 3.93. The summed E-state index contributed by atoms with van der Waals surface area (Å²) >= 11 is 0. The molecule has 13 heavy (non-hydrogen) atoms. The number of nitrogens with one attached hydrogen (secondary N) is 1. The summed E-state index contributed by atoms with van der Waals surface area (Å²) in [6.07, 6.45) is 1.19. The summed E-state index contributed by atoms with van der Waals surface area (Å²) in [5.74, 6) is 1.55. The lowest BCUT2D eigenvalue weighted by Crippen LogP contribution is -2.11. The first-order valence-electron chi connectivity index (χ1n) is 4.76. The van der Waals surface area contributed by atoms with Gasteiger partial charge in [-0.15, -0.1) is 5.10 Å². The Morgan fingerprint density at radius 1 is 1.38 bits per heavy atom. The Balaban J connectivity index is 2.41. The van der Waals surface area contributed by atoms with Crippen LogP contribution in [0.5, 0.6) is 0 Å². The highest BCUT2D eigenvalue weighted by Crippen LogP contribution is 2.04. The van der Waals surface area contributed by atoms with Crippen molar-refractivity contribution in [1.82, 2.24) is 10.2 Å². The minimum atomic E-state index is 0.683. The molecule has 1 rings (SSSR count). The fourth-order valence-electron chi connectivity index (χ4n) is 0.916. The molecule has 0 radical (unpaired) electrons. The van der Waals surface area contributed by atoms with Crippen LogP contribution in [0.2, 0.25) is 0 Å². The molecule has 0 fully saturated rings. The molecule has 0 spiro atoms. The molecule has 1 aromatic heterocycles. The molecule has 0 amide bonds. The SMILES string of the molecule is CCC(C)CNc1ccc(C)nn1. The fraction of sp³-hybridized carbons (Fsp3) is 0.600. The number of aromatic nitrogens is 2. The van der Waals surface area contributed by atoms with Crippen molar-refractivity contribution in [3.63, 3.8) is 0 Å². The van der Waals surface area contributed by atoms with Gasteiger partial charge in [0.25, 0.3) is 0 Å². The average molecular weight is 179 g/mol. The van der Waals surface area contributed by atoms with E-state index < -0.39 is 0 Å². The van der Waals surface area contributed by atoms with E-state index in [1.54, 1.807) is 0 Å². The van der Waals surface area contributed by atoms with Crippen LogP contribution >= 0.6 is 0 Å². The van der Waals surface area contributed by atoms with Crippen molar-refractivity contribution in [2.24, 2.45) is 5.92 Å². The predicted molar refractivity (Wildman–Crippen MR) is 54.7 cm³/mol. The second kappa shape index (κ2) is 4.80. The number of rotatable bonds is 4. The number of hydrogen-bond acceptors (Lipinski definition) is 3. The van der Waals surface area contributed by atoms with Crippen LogP contribution < -0.4 is 5.32 Å². The largest absolute Gasteiger partial charge is 0.368 e. The van der Waals surface area contributed by atoms with Crippen LogP contribution in [0.4, 0.5) is 5.82 Å².